The van der Waals surface area contributed by atoms with Crippen LogP contribution in [0.15, 0.2) is 54.7 Å². The molecule has 1 aliphatic rings. The fraction of sp³-hybridized carbons (Fsp3) is 0.360. The summed E-state index contributed by atoms with van der Waals surface area (Å²) < 4.78 is 52.0. The summed E-state index contributed by atoms with van der Waals surface area (Å²) in [4.78, 5) is 13.3. The van der Waals surface area contributed by atoms with Gasteiger partial charge in [-0.15, -0.1) is 0 Å². The van der Waals surface area contributed by atoms with Crippen molar-refractivity contribution in [3.05, 3.63) is 60.4 Å². The normalized spacial score (nSPS) is 18.4. The summed E-state index contributed by atoms with van der Waals surface area (Å²) in [6.45, 7) is 0. The van der Waals surface area contributed by atoms with Gasteiger partial charge >= 0.3 is 6.18 Å². The highest BCUT2D eigenvalue weighted by molar-refractivity contribution is 5.99. The molecule has 0 saturated heterocycles. The van der Waals surface area contributed by atoms with Crippen LogP contribution in [0.3, 0.4) is 0 Å². The Labute approximate surface area is 195 Å². The maximum atomic E-state index is 13.3. The molecule has 1 N–H and O–H groups in total. The number of halogens is 3. The van der Waals surface area contributed by atoms with Crippen LogP contribution in [0.1, 0.15) is 36.2 Å². The van der Waals surface area contributed by atoms with Crippen molar-refractivity contribution in [3.63, 3.8) is 0 Å². The van der Waals surface area contributed by atoms with Gasteiger partial charge in [-0.25, -0.2) is 4.68 Å². The van der Waals surface area contributed by atoms with E-state index < -0.39 is 24.0 Å². The fourth-order valence-corrected chi connectivity index (χ4v) is 4.34. The Kier molecular flexibility index (Phi) is 6.81. The van der Waals surface area contributed by atoms with Crippen LogP contribution in [-0.4, -0.2) is 42.1 Å². The van der Waals surface area contributed by atoms with Crippen molar-refractivity contribution in [1.82, 2.24) is 15.1 Å². The highest BCUT2D eigenvalue weighted by atomic mass is 19.4. The minimum absolute atomic E-state index is 0.0927. The van der Waals surface area contributed by atoms with Crippen LogP contribution in [0, 0.1) is 5.92 Å². The van der Waals surface area contributed by atoms with Gasteiger partial charge < -0.3 is 14.8 Å². The average molecular weight is 473 g/mol. The number of nitrogens with zero attached hydrogens (tertiary/aromatic N) is 2. The summed E-state index contributed by atoms with van der Waals surface area (Å²) in [7, 11) is 3.05. The monoisotopic (exact) mass is 473 g/mol. The van der Waals surface area contributed by atoms with E-state index in [0.29, 0.717) is 35.5 Å². The van der Waals surface area contributed by atoms with Gasteiger partial charge in [-0.05, 0) is 49.1 Å². The zero-order valence-electron chi connectivity index (χ0n) is 18.9. The van der Waals surface area contributed by atoms with Gasteiger partial charge in [0.05, 0.1) is 25.8 Å². The second-order valence-electron chi connectivity index (χ2n) is 8.32. The number of alkyl halides is 3. The molecule has 1 fully saturated rings. The number of hydrogen-bond donors (Lipinski definition) is 1. The lowest BCUT2D eigenvalue weighted by Gasteiger charge is -2.30. The topological polar surface area (TPSA) is 65.4 Å². The molecule has 9 heteroatoms. The Balaban J connectivity index is 1.68. The lowest BCUT2D eigenvalue weighted by atomic mass is 9.85. The molecule has 2 atom stereocenters. The third kappa shape index (κ3) is 5.03. The fourth-order valence-electron chi connectivity index (χ4n) is 4.34. The molecule has 0 spiro atoms. The first-order valence-electron chi connectivity index (χ1n) is 11.0. The van der Waals surface area contributed by atoms with Gasteiger partial charge in [0.25, 0.3) is 5.91 Å². The molecule has 2 aromatic carbocycles. The zero-order valence-corrected chi connectivity index (χ0v) is 18.9. The van der Waals surface area contributed by atoms with Crippen LogP contribution in [0.4, 0.5) is 13.2 Å². The van der Waals surface area contributed by atoms with Crippen LogP contribution in [0.2, 0.25) is 0 Å². The lowest BCUT2D eigenvalue weighted by Crippen LogP contribution is -2.41. The van der Waals surface area contributed by atoms with Crippen LogP contribution in [0.5, 0.6) is 11.5 Å². The molecule has 1 amide bonds. The molecule has 2 unspecified atom stereocenters. The molecule has 1 heterocycles. The Morgan fingerprint density at radius 3 is 2.47 bits per heavy atom. The Morgan fingerprint density at radius 2 is 1.79 bits per heavy atom. The highest BCUT2D eigenvalue weighted by Crippen LogP contribution is 2.38. The standard InChI is InChI=1S/C25H26F3N3O3/c1-33-21-12-11-16(13-22(21)34-2)20-15-31(19-9-4-3-5-10-19)30-23(20)24(32)29-18-8-6-7-17(14-18)25(26,27)28/h3-5,9-13,15,17-18H,6-8,14H2,1-2H3,(H,29,32). The number of aromatic nitrogens is 2. The van der Waals surface area contributed by atoms with Gasteiger partial charge in [-0.2, -0.15) is 18.3 Å². The summed E-state index contributed by atoms with van der Waals surface area (Å²) in [5, 5.41) is 7.29. The number of carbonyl (C=O) groups is 1. The predicted octanol–water partition coefficient (Wildman–Crippen LogP) is 5.41. The third-order valence-electron chi connectivity index (χ3n) is 6.12. The molecule has 6 nitrogen and oxygen atoms in total. The van der Waals surface area contributed by atoms with Crippen LogP contribution >= 0.6 is 0 Å². The summed E-state index contributed by atoms with van der Waals surface area (Å²) in [5.41, 5.74) is 2.08. The Morgan fingerprint density at radius 1 is 1.06 bits per heavy atom. The van der Waals surface area contributed by atoms with Gasteiger partial charge in [0.1, 0.15) is 0 Å². The molecule has 0 bridgehead atoms. The van der Waals surface area contributed by atoms with Gasteiger partial charge in [0.15, 0.2) is 17.2 Å². The number of carbonyl (C=O) groups excluding carboxylic acids is 1. The number of para-hydroxylation sites is 1. The van der Waals surface area contributed by atoms with E-state index in [1.165, 1.54) is 14.2 Å². The molecule has 1 aromatic heterocycles. The van der Waals surface area contributed by atoms with Gasteiger partial charge in [0.2, 0.25) is 0 Å². The maximum absolute atomic E-state index is 13.3. The molecular formula is C25H26F3N3O3. The predicted molar refractivity (Wildman–Crippen MR) is 121 cm³/mol. The lowest BCUT2D eigenvalue weighted by molar-refractivity contribution is -0.183. The van der Waals surface area contributed by atoms with Crippen LogP contribution in [0.25, 0.3) is 16.8 Å². The SMILES string of the molecule is COc1ccc(-c2cn(-c3ccccc3)nc2C(=O)NC2CCCC(C(F)(F)F)C2)cc1OC. The molecule has 1 saturated carbocycles. The van der Waals surface area contributed by atoms with Crippen LogP contribution in [-0.2, 0) is 0 Å². The van der Waals surface area contributed by atoms with Crippen molar-refractivity contribution in [3.8, 4) is 28.3 Å². The van der Waals surface area contributed by atoms with E-state index in [1.807, 2.05) is 30.3 Å². The van der Waals surface area contributed by atoms with Crippen molar-refractivity contribution in [2.24, 2.45) is 5.92 Å². The van der Waals surface area contributed by atoms with Crippen LogP contribution < -0.4 is 14.8 Å². The highest BCUT2D eigenvalue weighted by Gasteiger charge is 2.42. The minimum Gasteiger partial charge on any atom is -0.493 e. The van der Waals surface area contributed by atoms with Crippen molar-refractivity contribution in [1.29, 1.82) is 0 Å². The zero-order chi connectivity index (χ0) is 24.3. The van der Waals surface area contributed by atoms with E-state index >= 15 is 0 Å². The number of methoxy groups -OCH3 is 2. The van der Waals surface area contributed by atoms with E-state index in [4.69, 9.17) is 9.47 Å². The number of rotatable bonds is 6. The molecule has 3 aromatic rings. The summed E-state index contributed by atoms with van der Waals surface area (Å²) in [6.07, 6.45) is -1.65. The Hall–Kier alpha value is -3.49. The van der Waals surface area contributed by atoms with E-state index in [2.05, 4.69) is 10.4 Å². The van der Waals surface area contributed by atoms with E-state index in [1.54, 1.807) is 29.1 Å². The average Bonchev–Trinajstić information content (AvgIpc) is 3.29. The molecular weight excluding hydrogens is 447 g/mol. The molecule has 180 valence electrons. The quantitative estimate of drug-likeness (QED) is 0.520. The summed E-state index contributed by atoms with van der Waals surface area (Å²) in [5.74, 6) is -0.891. The number of hydrogen-bond acceptors (Lipinski definition) is 4. The maximum Gasteiger partial charge on any atom is 0.391 e. The first kappa shape index (κ1) is 23.7. The van der Waals surface area contributed by atoms with Crippen molar-refractivity contribution in [2.45, 2.75) is 37.9 Å². The molecule has 0 radical (unpaired) electrons. The molecule has 1 aliphatic carbocycles. The summed E-state index contributed by atoms with van der Waals surface area (Å²) >= 11 is 0. The number of benzene rings is 2. The van der Waals surface area contributed by atoms with Crippen molar-refractivity contribution >= 4 is 5.91 Å². The summed E-state index contributed by atoms with van der Waals surface area (Å²) in [6, 6.07) is 14.0. The Bertz CT molecular complexity index is 1150. The largest absolute Gasteiger partial charge is 0.493 e. The van der Waals surface area contributed by atoms with Gasteiger partial charge in [-0.1, -0.05) is 30.7 Å². The van der Waals surface area contributed by atoms with Crippen molar-refractivity contribution < 1.29 is 27.4 Å². The van der Waals surface area contributed by atoms with E-state index in [0.717, 1.165) is 5.69 Å². The van der Waals surface area contributed by atoms with Crippen molar-refractivity contribution in [2.75, 3.05) is 14.2 Å². The van der Waals surface area contributed by atoms with Gasteiger partial charge in [-0.3, -0.25) is 4.79 Å². The molecule has 4 rings (SSSR count). The van der Waals surface area contributed by atoms with E-state index in [-0.39, 0.29) is 18.5 Å². The minimum atomic E-state index is -4.26. The molecule has 34 heavy (non-hydrogen) atoms. The first-order valence-corrected chi connectivity index (χ1v) is 11.0. The third-order valence-corrected chi connectivity index (χ3v) is 6.12. The van der Waals surface area contributed by atoms with Gasteiger partial charge in [0, 0.05) is 17.8 Å². The second-order valence-corrected chi connectivity index (χ2v) is 8.32. The smallest absolute Gasteiger partial charge is 0.391 e. The number of nitrogens with one attached hydrogen (secondary N) is 1. The van der Waals surface area contributed by atoms with E-state index in [9.17, 15) is 18.0 Å². The first-order chi connectivity index (χ1) is 16.3. The molecule has 0 aliphatic heterocycles. The number of amides is 1. The second kappa shape index (κ2) is 9.79. The number of ether oxygens (including phenoxy) is 2.